The molecule has 174 valence electrons. The molecule has 0 aromatic heterocycles. The van der Waals surface area contributed by atoms with Gasteiger partial charge in [0.15, 0.2) is 0 Å². The van der Waals surface area contributed by atoms with Crippen LogP contribution in [0.3, 0.4) is 0 Å². The van der Waals surface area contributed by atoms with E-state index >= 15 is 0 Å². The molecule has 2 nitrogen and oxygen atoms in total. The monoisotopic (exact) mass is 410 g/mol. The third-order valence-electron chi connectivity index (χ3n) is 6.29. The second-order valence-electron chi connectivity index (χ2n) is 9.36. The third-order valence-corrected chi connectivity index (χ3v) is 6.29. The lowest BCUT2D eigenvalue weighted by Crippen LogP contribution is -2.19. The van der Waals surface area contributed by atoms with E-state index in [2.05, 4.69) is 27.7 Å². The van der Waals surface area contributed by atoms with Crippen molar-refractivity contribution < 1.29 is 9.53 Å². The number of carbonyl (C=O) groups excluding carboxylic acids is 1. The number of hydrogen-bond donors (Lipinski definition) is 0. The van der Waals surface area contributed by atoms with Crippen molar-refractivity contribution in [3.8, 4) is 0 Å². The first kappa shape index (κ1) is 28.5. The van der Waals surface area contributed by atoms with E-state index in [4.69, 9.17) is 4.74 Å². The van der Waals surface area contributed by atoms with Gasteiger partial charge in [-0.05, 0) is 25.2 Å². The second-order valence-corrected chi connectivity index (χ2v) is 9.36. The van der Waals surface area contributed by atoms with Crippen LogP contribution in [0.5, 0.6) is 0 Å². The van der Waals surface area contributed by atoms with Gasteiger partial charge in [-0.15, -0.1) is 0 Å². The Bertz CT molecular complexity index is 339. The largest absolute Gasteiger partial charge is 0.465 e. The van der Waals surface area contributed by atoms with Crippen molar-refractivity contribution in [2.75, 3.05) is 6.61 Å². The Balaban J connectivity index is 4.00. The molecule has 0 saturated heterocycles. The molecule has 0 rings (SSSR count). The quantitative estimate of drug-likeness (QED) is 0.131. The average Bonchev–Trinajstić information content (AvgIpc) is 2.72. The van der Waals surface area contributed by atoms with Gasteiger partial charge >= 0.3 is 5.97 Å². The Morgan fingerprint density at radius 3 is 1.48 bits per heavy atom. The molecular weight excluding hydrogens is 356 g/mol. The molecular formula is C27H54O2. The minimum absolute atomic E-state index is 0.0404. The molecule has 0 fully saturated rings. The van der Waals surface area contributed by atoms with E-state index in [-0.39, 0.29) is 11.9 Å². The van der Waals surface area contributed by atoms with Crippen LogP contribution in [-0.2, 0) is 9.53 Å². The minimum Gasteiger partial charge on any atom is -0.465 e. The summed E-state index contributed by atoms with van der Waals surface area (Å²) in [6, 6.07) is 0. The first-order valence-electron chi connectivity index (χ1n) is 13.3. The second kappa shape index (κ2) is 22.2. The SMILES string of the molecule is CCCCCCCCCC(CCCCC)COC(=O)C(C)CCCCCCCC. The molecule has 0 saturated carbocycles. The van der Waals surface area contributed by atoms with E-state index in [1.165, 1.54) is 109 Å². The lowest BCUT2D eigenvalue weighted by atomic mass is 9.95. The lowest BCUT2D eigenvalue weighted by Gasteiger charge is -2.19. The Kier molecular flexibility index (Phi) is 21.8. The topological polar surface area (TPSA) is 26.3 Å². The highest BCUT2D eigenvalue weighted by molar-refractivity contribution is 5.71. The number of rotatable bonds is 22. The predicted molar refractivity (Wildman–Crippen MR) is 128 cm³/mol. The first-order chi connectivity index (χ1) is 14.2. The molecule has 29 heavy (non-hydrogen) atoms. The summed E-state index contributed by atoms with van der Waals surface area (Å²) in [5, 5.41) is 0. The van der Waals surface area contributed by atoms with Crippen molar-refractivity contribution in [1.29, 1.82) is 0 Å². The number of hydrogen-bond acceptors (Lipinski definition) is 2. The van der Waals surface area contributed by atoms with Crippen molar-refractivity contribution in [3.05, 3.63) is 0 Å². The molecule has 0 heterocycles. The lowest BCUT2D eigenvalue weighted by molar-refractivity contribution is -0.149. The maximum absolute atomic E-state index is 12.4. The smallest absolute Gasteiger partial charge is 0.308 e. The Morgan fingerprint density at radius 1 is 0.586 bits per heavy atom. The van der Waals surface area contributed by atoms with E-state index < -0.39 is 0 Å². The van der Waals surface area contributed by atoms with Gasteiger partial charge in [0, 0.05) is 0 Å². The van der Waals surface area contributed by atoms with Crippen molar-refractivity contribution in [2.24, 2.45) is 11.8 Å². The molecule has 0 N–H and O–H groups in total. The van der Waals surface area contributed by atoms with Crippen LogP contribution in [-0.4, -0.2) is 12.6 Å². The molecule has 0 amide bonds. The predicted octanol–water partition coefficient (Wildman–Crippen LogP) is 9.25. The molecule has 0 aliphatic heterocycles. The molecule has 0 aliphatic rings. The van der Waals surface area contributed by atoms with Crippen LogP contribution in [0.15, 0.2) is 0 Å². The fraction of sp³-hybridized carbons (Fsp3) is 0.963. The normalized spacial score (nSPS) is 13.4. The molecule has 0 spiro atoms. The first-order valence-corrected chi connectivity index (χ1v) is 13.3. The van der Waals surface area contributed by atoms with E-state index in [1.807, 2.05) is 0 Å². The molecule has 0 aromatic carbocycles. The zero-order valence-electron chi connectivity index (χ0n) is 20.6. The third kappa shape index (κ3) is 19.2. The van der Waals surface area contributed by atoms with Crippen molar-refractivity contribution >= 4 is 5.97 Å². The van der Waals surface area contributed by atoms with Gasteiger partial charge in [-0.25, -0.2) is 0 Å². The summed E-state index contributed by atoms with van der Waals surface area (Å²) in [5.41, 5.74) is 0. The van der Waals surface area contributed by atoms with Crippen LogP contribution < -0.4 is 0 Å². The van der Waals surface area contributed by atoms with E-state index in [0.717, 1.165) is 12.8 Å². The van der Waals surface area contributed by atoms with E-state index in [9.17, 15) is 4.79 Å². The summed E-state index contributed by atoms with van der Waals surface area (Å²) in [5.74, 6) is 0.678. The van der Waals surface area contributed by atoms with Crippen LogP contribution in [0.25, 0.3) is 0 Å². The molecule has 0 aromatic rings. The summed E-state index contributed by atoms with van der Waals surface area (Å²) in [6.45, 7) is 9.49. The van der Waals surface area contributed by atoms with Gasteiger partial charge in [-0.2, -0.15) is 0 Å². The molecule has 0 aliphatic carbocycles. The van der Waals surface area contributed by atoms with Gasteiger partial charge in [-0.1, -0.05) is 130 Å². The van der Waals surface area contributed by atoms with Crippen LogP contribution in [0, 0.1) is 11.8 Å². The standard InChI is InChI=1S/C27H54O2/c1-5-8-11-13-15-17-20-23-26(22-18-10-7-3)24-29-27(28)25(4)21-19-16-14-12-9-6-2/h25-26H,5-24H2,1-4H3. The summed E-state index contributed by atoms with van der Waals surface area (Å²) < 4.78 is 5.76. The average molecular weight is 411 g/mol. The Labute approximate surface area is 184 Å². The van der Waals surface area contributed by atoms with Gasteiger partial charge in [0.2, 0.25) is 0 Å². The zero-order valence-corrected chi connectivity index (χ0v) is 20.6. The van der Waals surface area contributed by atoms with Gasteiger partial charge < -0.3 is 4.74 Å². The molecule has 2 heteroatoms. The number of ether oxygens (including phenoxy) is 1. The minimum atomic E-state index is 0.0404. The molecule has 2 unspecified atom stereocenters. The molecule has 0 radical (unpaired) electrons. The number of carbonyl (C=O) groups is 1. The van der Waals surface area contributed by atoms with Gasteiger partial charge in [0.1, 0.15) is 0 Å². The van der Waals surface area contributed by atoms with Gasteiger partial charge in [-0.3, -0.25) is 4.79 Å². The van der Waals surface area contributed by atoms with Gasteiger partial charge in [0.25, 0.3) is 0 Å². The summed E-state index contributed by atoms with van der Waals surface area (Å²) in [6.07, 6.45) is 24.5. The fourth-order valence-corrected chi connectivity index (χ4v) is 4.08. The number of esters is 1. The molecule has 0 bridgehead atoms. The Hall–Kier alpha value is -0.530. The maximum Gasteiger partial charge on any atom is 0.308 e. The zero-order chi connectivity index (χ0) is 21.6. The van der Waals surface area contributed by atoms with Crippen molar-refractivity contribution in [3.63, 3.8) is 0 Å². The van der Waals surface area contributed by atoms with Crippen molar-refractivity contribution in [1.82, 2.24) is 0 Å². The highest BCUT2D eigenvalue weighted by Crippen LogP contribution is 2.20. The highest BCUT2D eigenvalue weighted by atomic mass is 16.5. The van der Waals surface area contributed by atoms with Crippen LogP contribution in [0.4, 0.5) is 0 Å². The molecule has 2 atom stereocenters. The number of unbranched alkanes of at least 4 members (excludes halogenated alkanes) is 13. The van der Waals surface area contributed by atoms with Crippen LogP contribution in [0.2, 0.25) is 0 Å². The fourth-order valence-electron chi connectivity index (χ4n) is 4.08. The van der Waals surface area contributed by atoms with E-state index in [0.29, 0.717) is 12.5 Å². The van der Waals surface area contributed by atoms with Gasteiger partial charge in [0.05, 0.1) is 12.5 Å². The van der Waals surface area contributed by atoms with Crippen LogP contribution >= 0.6 is 0 Å². The summed E-state index contributed by atoms with van der Waals surface area (Å²) in [7, 11) is 0. The highest BCUT2D eigenvalue weighted by Gasteiger charge is 2.17. The van der Waals surface area contributed by atoms with Crippen molar-refractivity contribution in [2.45, 2.75) is 150 Å². The summed E-state index contributed by atoms with van der Waals surface area (Å²) >= 11 is 0. The maximum atomic E-state index is 12.4. The van der Waals surface area contributed by atoms with E-state index in [1.54, 1.807) is 0 Å². The Morgan fingerprint density at radius 2 is 0.966 bits per heavy atom. The van der Waals surface area contributed by atoms with Crippen LogP contribution in [0.1, 0.15) is 150 Å². The summed E-state index contributed by atoms with van der Waals surface area (Å²) in [4.78, 5) is 12.4.